The van der Waals surface area contributed by atoms with Crippen LogP contribution in [0.1, 0.15) is 34.3 Å². The number of alkyl halides is 3. The first-order chi connectivity index (χ1) is 16.5. The lowest BCUT2D eigenvalue weighted by atomic mass is 9.97. The Labute approximate surface area is 196 Å². The molecule has 0 saturated carbocycles. The van der Waals surface area contributed by atoms with E-state index in [0.717, 1.165) is 12.1 Å². The normalized spacial score (nSPS) is 18.1. The van der Waals surface area contributed by atoms with E-state index in [-0.39, 0.29) is 42.5 Å². The summed E-state index contributed by atoms with van der Waals surface area (Å²) >= 11 is 0. The topological polar surface area (TPSA) is 84.3 Å². The van der Waals surface area contributed by atoms with E-state index in [1.54, 1.807) is 25.2 Å². The maximum atomic E-state index is 14.1. The Balaban J connectivity index is 1.52. The molecule has 1 saturated heterocycles. The number of carbonyl (C=O) groups excluding carboxylic acids is 3. The highest BCUT2D eigenvalue weighted by atomic mass is 19.4. The predicted molar refractivity (Wildman–Crippen MR) is 115 cm³/mol. The highest BCUT2D eigenvalue weighted by Gasteiger charge is 2.39. The molecule has 0 spiro atoms. The number of imide groups is 1. The van der Waals surface area contributed by atoms with Crippen molar-refractivity contribution < 1.29 is 31.9 Å². The fourth-order valence-electron chi connectivity index (χ4n) is 4.62. The van der Waals surface area contributed by atoms with Crippen LogP contribution < -0.4 is 5.32 Å². The highest BCUT2D eigenvalue weighted by Crippen LogP contribution is 2.38. The minimum atomic E-state index is -4.72. The van der Waals surface area contributed by atoms with Crippen molar-refractivity contribution in [2.75, 3.05) is 0 Å². The van der Waals surface area contributed by atoms with Gasteiger partial charge in [0.05, 0.1) is 17.5 Å². The molecule has 2 aliphatic rings. The Morgan fingerprint density at radius 2 is 1.80 bits per heavy atom. The fourth-order valence-corrected chi connectivity index (χ4v) is 4.62. The Morgan fingerprint density at radius 1 is 1.03 bits per heavy atom. The molecule has 180 valence electrons. The van der Waals surface area contributed by atoms with Crippen LogP contribution in [0.4, 0.5) is 17.6 Å². The maximum absolute atomic E-state index is 14.1. The van der Waals surface area contributed by atoms with Gasteiger partial charge in [0.2, 0.25) is 11.8 Å². The zero-order valence-electron chi connectivity index (χ0n) is 18.3. The summed E-state index contributed by atoms with van der Waals surface area (Å²) in [5.41, 5.74) is 1.23. The van der Waals surface area contributed by atoms with Crippen LogP contribution in [0.15, 0.2) is 42.6 Å². The largest absolute Gasteiger partial charge is 0.416 e. The third-order valence-corrected chi connectivity index (χ3v) is 6.27. The Morgan fingerprint density at radius 3 is 2.51 bits per heavy atom. The van der Waals surface area contributed by atoms with Crippen LogP contribution in [-0.4, -0.2) is 38.4 Å². The first-order valence-electron chi connectivity index (χ1n) is 10.7. The molecule has 0 bridgehead atoms. The highest BCUT2D eigenvalue weighted by molar-refractivity contribution is 6.05. The Kier molecular flexibility index (Phi) is 5.22. The lowest BCUT2D eigenvalue weighted by Gasteiger charge is -2.29. The van der Waals surface area contributed by atoms with Gasteiger partial charge in [-0.15, -0.1) is 0 Å². The van der Waals surface area contributed by atoms with E-state index in [1.807, 2.05) is 0 Å². The molecular formula is C24H18F4N4O3. The van der Waals surface area contributed by atoms with E-state index < -0.39 is 29.5 Å². The quantitative estimate of drug-likeness (QED) is 0.452. The van der Waals surface area contributed by atoms with Crippen LogP contribution in [0.5, 0.6) is 0 Å². The number of piperidine rings is 1. The maximum Gasteiger partial charge on any atom is 0.416 e. The van der Waals surface area contributed by atoms with E-state index in [4.69, 9.17) is 0 Å². The molecule has 3 heterocycles. The van der Waals surface area contributed by atoms with Gasteiger partial charge in [-0.05, 0) is 47.9 Å². The first kappa shape index (κ1) is 22.8. The van der Waals surface area contributed by atoms with Crippen molar-refractivity contribution >= 4 is 17.7 Å². The standard InChI is InChI=1S/C24H18F4N4O3/c1-31-21(13-7-15(24(26,27)28)9-16(25)8-13)18(10-29-31)12-2-3-17-14(6-12)11-32(23(17)35)19-4-5-20(33)30-22(19)34/h2-3,6-10,19H,4-5,11H2,1H3,(H,30,33,34). The van der Waals surface area contributed by atoms with Gasteiger partial charge in [0.1, 0.15) is 11.9 Å². The van der Waals surface area contributed by atoms with E-state index in [2.05, 4.69) is 10.4 Å². The summed E-state index contributed by atoms with van der Waals surface area (Å²) in [5, 5.41) is 6.40. The molecule has 0 aliphatic carbocycles. The van der Waals surface area contributed by atoms with Crippen molar-refractivity contribution in [2.45, 2.75) is 31.6 Å². The van der Waals surface area contributed by atoms with E-state index in [1.165, 1.54) is 15.8 Å². The van der Waals surface area contributed by atoms with Gasteiger partial charge in [0.25, 0.3) is 5.91 Å². The molecule has 3 aromatic rings. The molecule has 1 aromatic heterocycles. The lowest BCUT2D eigenvalue weighted by Crippen LogP contribution is -2.52. The van der Waals surface area contributed by atoms with Crippen molar-refractivity contribution in [1.29, 1.82) is 0 Å². The summed E-state index contributed by atoms with van der Waals surface area (Å²) in [7, 11) is 1.54. The number of aryl methyl sites for hydroxylation is 1. The molecule has 35 heavy (non-hydrogen) atoms. The van der Waals surface area contributed by atoms with Crippen molar-refractivity contribution in [3.05, 3.63) is 65.1 Å². The molecule has 5 rings (SSSR count). The summed E-state index contributed by atoms with van der Waals surface area (Å²) in [5.74, 6) is -2.27. The summed E-state index contributed by atoms with van der Waals surface area (Å²) in [4.78, 5) is 38.0. The molecule has 1 fully saturated rings. The average Bonchev–Trinajstić information content (AvgIpc) is 3.32. The predicted octanol–water partition coefficient (Wildman–Crippen LogP) is 3.67. The SMILES string of the molecule is Cn1ncc(-c2ccc3c(c2)CN(C2CCC(=O)NC2=O)C3=O)c1-c1cc(F)cc(C(F)(F)F)c1. The van der Waals surface area contributed by atoms with Gasteiger partial charge in [-0.25, -0.2) is 4.39 Å². The zero-order chi connectivity index (χ0) is 25.1. The van der Waals surface area contributed by atoms with Crippen LogP contribution in [0.25, 0.3) is 22.4 Å². The van der Waals surface area contributed by atoms with Crippen LogP contribution in [0.2, 0.25) is 0 Å². The Bertz CT molecular complexity index is 1400. The molecule has 2 aliphatic heterocycles. The minimum Gasteiger partial charge on any atom is -0.322 e. The zero-order valence-corrected chi connectivity index (χ0v) is 18.3. The number of nitrogens with zero attached hydrogens (tertiary/aromatic N) is 3. The number of nitrogens with one attached hydrogen (secondary N) is 1. The number of aromatic nitrogens is 2. The van der Waals surface area contributed by atoms with E-state index >= 15 is 0 Å². The second kappa shape index (κ2) is 8.03. The molecular weight excluding hydrogens is 468 g/mol. The van der Waals surface area contributed by atoms with Crippen molar-refractivity contribution in [3.8, 4) is 22.4 Å². The molecule has 3 amide bonds. The smallest absolute Gasteiger partial charge is 0.322 e. The molecule has 0 radical (unpaired) electrons. The van der Waals surface area contributed by atoms with Crippen molar-refractivity contribution in [2.24, 2.45) is 7.05 Å². The monoisotopic (exact) mass is 486 g/mol. The van der Waals surface area contributed by atoms with Gasteiger partial charge in [-0.2, -0.15) is 18.3 Å². The molecule has 2 aromatic carbocycles. The first-order valence-corrected chi connectivity index (χ1v) is 10.7. The fraction of sp³-hybridized carbons (Fsp3) is 0.250. The summed E-state index contributed by atoms with van der Waals surface area (Å²) in [6.45, 7) is 0.141. The number of amides is 3. The Hall–Kier alpha value is -4.02. The number of benzene rings is 2. The van der Waals surface area contributed by atoms with Crippen molar-refractivity contribution in [3.63, 3.8) is 0 Å². The average molecular weight is 486 g/mol. The van der Waals surface area contributed by atoms with Gasteiger partial charge < -0.3 is 4.90 Å². The van der Waals surface area contributed by atoms with Gasteiger partial charge in [-0.3, -0.25) is 24.4 Å². The minimum absolute atomic E-state index is 0.00840. The third-order valence-electron chi connectivity index (χ3n) is 6.27. The number of hydrogen-bond acceptors (Lipinski definition) is 4. The van der Waals surface area contributed by atoms with E-state index in [9.17, 15) is 31.9 Å². The number of halogens is 4. The van der Waals surface area contributed by atoms with Gasteiger partial charge in [0, 0.05) is 36.7 Å². The second-order valence-corrected chi connectivity index (χ2v) is 8.53. The van der Waals surface area contributed by atoms with Crippen LogP contribution >= 0.6 is 0 Å². The number of rotatable bonds is 3. The van der Waals surface area contributed by atoms with Crippen molar-refractivity contribution in [1.82, 2.24) is 20.0 Å². The molecule has 1 atom stereocenters. The number of fused-ring (bicyclic) bond motifs is 1. The number of carbonyl (C=O) groups is 3. The summed E-state index contributed by atoms with van der Waals surface area (Å²) in [6.07, 6.45) is -2.90. The van der Waals surface area contributed by atoms with Gasteiger partial charge >= 0.3 is 6.18 Å². The van der Waals surface area contributed by atoms with E-state index in [0.29, 0.717) is 28.3 Å². The second-order valence-electron chi connectivity index (χ2n) is 8.53. The van der Waals surface area contributed by atoms with Gasteiger partial charge in [0.15, 0.2) is 0 Å². The third kappa shape index (κ3) is 3.96. The molecule has 7 nitrogen and oxygen atoms in total. The van der Waals surface area contributed by atoms with Gasteiger partial charge in [-0.1, -0.05) is 6.07 Å². The molecule has 1 unspecified atom stereocenters. The van der Waals surface area contributed by atoms with Crippen LogP contribution in [0, 0.1) is 5.82 Å². The number of hydrogen-bond donors (Lipinski definition) is 1. The summed E-state index contributed by atoms with van der Waals surface area (Å²) in [6, 6.07) is 6.48. The lowest BCUT2D eigenvalue weighted by molar-refractivity contribution is -0.138. The van der Waals surface area contributed by atoms with Crippen LogP contribution in [-0.2, 0) is 29.4 Å². The molecule has 1 N–H and O–H groups in total. The molecule has 11 heteroatoms. The summed E-state index contributed by atoms with van der Waals surface area (Å²) < 4.78 is 55.2. The van der Waals surface area contributed by atoms with Crippen LogP contribution in [0.3, 0.4) is 0 Å².